The molecule has 0 atom stereocenters. The Kier molecular flexibility index (Phi) is 7.15. The normalized spacial score (nSPS) is 14.6. The van der Waals surface area contributed by atoms with Gasteiger partial charge in [0.1, 0.15) is 11.4 Å². The van der Waals surface area contributed by atoms with Crippen molar-refractivity contribution in [1.29, 1.82) is 0 Å². The van der Waals surface area contributed by atoms with Crippen LogP contribution < -0.4 is 5.32 Å². The van der Waals surface area contributed by atoms with Gasteiger partial charge >= 0.3 is 6.09 Å². The van der Waals surface area contributed by atoms with Crippen LogP contribution in [0.4, 0.5) is 14.9 Å². The van der Waals surface area contributed by atoms with Gasteiger partial charge < -0.3 is 15.0 Å². The van der Waals surface area contributed by atoms with Gasteiger partial charge in [0.25, 0.3) is 5.91 Å². The molecule has 1 fully saturated rings. The highest BCUT2D eigenvalue weighted by atomic mass is 19.1. The molecule has 0 bridgehead atoms. The summed E-state index contributed by atoms with van der Waals surface area (Å²) < 4.78 is 20.8. The van der Waals surface area contributed by atoms with E-state index >= 15 is 0 Å². The number of aryl methyl sites for hydroxylation is 2. The van der Waals surface area contributed by atoms with Crippen molar-refractivity contribution < 1.29 is 18.7 Å². The second kappa shape index (κ2) is 10.1. The zero-order chi connectivity index (χ0) is 26.0. The Labute approximate surface area is 211 Å². The SMILES string of the molecule is Cc1cc(C)cc(NC(=O)c2cnn(-c3ccc(F)cc3)c2C2CCN(C(=O)OC(C)(C)C)CC2)c1. The number of carbonyl (C=O) groups excluding carboxylic acids is 2. The summed E-state index contributed by atoms with van der Waals surface area (Å²) in [6.07, 6.45) is 2.53. The molecule has 3 aromatic rings. The summed E-state index contributed by atoms with van der Waals surface area (Å²) in [6.45, 7) is 10.5. The van der Waals surface area contributed by atoms with Crippen molar-refractivity contribution in [3.8, 4) is 5.69 Å². The summed E-state index contributed by atoms with van der Waals surface area (Å²) in [5, 5.41) is 7.53. The minimum Gasteiger partial charge on any atom is -0.444 e. The highest BCUT2D eigenvalue weighted by Crippen LogP contribution is 2.33. The van der Waals surface area contributed by atoms with Gasteiger partial charge in [0, 0.05) is 24.7 Å². The molecule has 1 saturated heterocycles. The van der Waals surface area contributed by atoms with Gasteiger partial charge in [-0.3, -0.25) is 4.79 Å². The number of amides is 2. The number of hydrogen-bond donors (Lipinski definition) is 1. The minimum atomic E-state index is -0.561. The molecular formula is C28H33FN4O3. The molecule has 36 heavy (non-hydrogen) atoms. The first kappa shape index (κ1) is 25.4. The lowest BCUT2D eigenvalue weighted by atomic mass is 9.90. The Morgan fingerprint density at radius 3 is 2.22 bits per heavy atom. The van der Waals surface area contributed by atoms with Crippen LogP contribution in [0.15, 0.2) is 48.7 Å². The predicted octanol–water partition coefficient (Wildman–Crippen LogP) is 6.00. The van der Waals surface area contributed by atoms with Crippen LogP contribution in [-0.2, 0) is 4.74 Å². The highest BCUT2D eigenvalue weighted by Gasteiger charge is 2.32. The van der Waals surface area contributed by atoms with Crippen molar-refractivity contribution in [3.63, 3.8) is 0 Å². The van der Waals surface area contributed by atoms with E-state index in [0.717, 1.165) is 22.5 Å². The molecule has 0 aliphatic carbocycles. The molecule has 4 rings (SSSR count). The maximum atomic E-state index is 13.6. The van der Waals surface area contributed by atoms with Crippen molar-refractivity contribution in [2.24, 2.45) is 0 Å². The summed E-state index contributed by atoms with van der Waals surface area (Å²) in [4.78, 5) is 27.7. The number of ether oxygens (including phenoxy) is 1. The van der Waals surface area contributed by atoms with Crippen LogP contribution >= 0.6 is 0 Å². The van der Waals surface area contributed by atoms with Crippen molar-refractivity contribution in [2.75, 3.05) is 18.4 Å². The zero-order valence-electron chi connectivity index (χ0n) is 21.5. The molecule has 7 nitrogen and oxygen atoms in total. The van der Waals surface area contributed by atoms with Gasteiger partial charge in [-0.25, -0.2) is 13.9 Å². The second-order valence-corrected chi connectivity index (χ2v) is 10.4. The van der Waals surface area contributed by atoms with E-state index in [2.05, 4.69) is 10.4 Å². The monoisotopic (exact) mass is 492 g/mol. The molecule has 1 N–H and O–H groups in total. The fourth-order valence-corrected chi connectivity index (χ4v) is 4.62. The Morgan fingerprint density at radius 2 is 1.64 bits per heavy atom. The summed E-state index contributed by atoms with van der Waals surface area (Å²) in [5.74, 6) is -0.611. The summed E-state index contributed by atoms with van der Waals surface area (Å²) >= 11 is 0. The third-order valence-corrected chi connectivity index (χ3v) is 6.14. The van der Waals surface area contributed by atoms with Crippen molar-refractivity contribution in [3.05, 3.63) is 76.9 Å². The molecule has 0 saturated carbocycles. The van der Waals surface area contributed by atoms with E-state index in [1.54, 1.807) is 27.9 Å². The van der Waals surface area contributed by atoms with Gasteiger partial charge in [-0.05, 0) is 95.0 Å². The number of rotatable bonds is 4. The number of nitrogens with zero attached hydrogens (tertiary/aromatic N) is 3. The molecule has 8 heteroatoms. The van der Waals surface area contributed by atoms with Crippen molar-refractivity contribution >= 4 is 17.7 Å². The van der Waals surface area contributed by atoms with E-state index in [1.165, 1.54) is 12.1 Å². The van der Waals surface area contributed by atoms with Crippen LogP contribution in [0.1, 0.15) is 66.7 Å². The quantitative estimate of drug-likeness (QED) is 0.485. The smallest absolute Gasteiger partial charge is 0.410 e. The summed E-state index contributed by atoms with van der Waals surface area (Å²) in [6, 6.07) is 11.9. The Hall–Kier alpha value is -3.68. The van der Waals surface area contributed by atoms with Gasteiger partial charge in [-0.2, -0.15) is 5.10 Å². The zero-order valence-corrected chi connectivity index (χ0v) is 21.5. The van der Waals surface area contributed by atoms with Gasteiger partial charge in [0.05, 0.1) is 23.1 Å². The van der Waals surface area contributed by atoms with E-state index in [9.17, 15) is 14.0 Å². The van der Waals surface area contributed by atoms with E-state index in [1.807, 2.05) is 52.8 Å². The molecular weight excluding hydrogens is 459 g/mol. The average Bonchev–Trinajstić information content (AvgIpc) is 3.23. The molecule has 1 aromatic heterocycles. The van der Waals surface area contributed by atoms with Crippen LogP contribution in [-0.4, -0.2) is 45.4 Å². The maximum absolute atomic E-state index is 13.6. The lowest BCUT2D eigenvalue weighted by Crippen LogP contribution is -2.41. The number of aromatic nitrogens is 2. The molecule has 190 valence electrons. The number of anilines is 1. The topological polar surface area (TPSA) is 76.5 Å². The molecule has 0 unspecified atom stereocenters. The Morgan fingerprint density at radius 1 is 1.03 bits per heavy atom. The van der Waals surface area contributed by atoms with Gasteiger partial charge in [0.2, 0.25) is 0 Å². The van der Waals surface area contributed by atoms with Crippen LogP contribution in [0.2, 0.25) is 0 Å². The molecule has 1 aliphatic rings. The van der Waals surface area contributed by atoms with Crippen LogP contribution in [0, 0.1) is 19.7 Å². The maximum Gasteiger partial charge on any atom is 0.410 e. The largest absolute Gasteiger partial charge is 0.444 e. The van der Waals surface area contributed by atoms with Crippen LogP contribution in [0.3, 0.4) is 0 Å². The lowest BCUT2D eigenvalue weighted by Gasteiger charge is -2.34. The Bertz CT molecular complexity index is 1230. The molecule has 0 radical (unpaired) electrons. The molecule has 2 aromatic carbocycles. The fraction of sp³-hybridized carbons (Fsp3) is 0.393. The Balaban J connectivity index is 1.62. The number of piperidine rings is 1. The van der Waals surface area contributed by atoms with E-state index in [-0.39, 0.29) is 23.7 Å². The standard InChI is InChI=1S/C28H33FN4O3/c1-18-14-19(2)16-22(15-18)31-26(34)24-17-30-33(23-8-6-21(29)7-9-23)25(24)20-10-12-32(13-11-20)27(35)36-28(3,4)5/h6-9,14-17,20H,10-13H2,1-5H3,(H,31,34). The minimum absolute atomic E-state index is 0.0174. The number of benzene rings is 2. The number of likely N-dealkylation sites (tertiary alicyclic amines) is 1. The molecule has 2 amide bonds. The first-order valence-corrected chi connectivity index (χ1v) is 12.2. The molecule has 0 spiro atoms. The van der Waals surface area contributed by atoms with Crippen molar-refractivity contribution in [2.45, 2.75) is 59.0 Å². The average molecular weight is 493 g/mol. The first-order chi connectivity index (χ1) is 17.0. The fourth-order valence-electron chi connectivity index (χ4n) is 4.62. The number of halogens is 1. The number of carbonyl (C=O) groups is 2. The lowest BCUT2D eigenvalue weighted by molar-refractivity contribution is 0.0203. The van der Waals surface area contributed by atoms with Crippen LogP contribution in [0.5, 0.6) is 0 Å². The number of hydrogen-bond acceptors (Lipinski definition) is 4. The van der Waals surface area contributed by atoms with Gasteiger partial charge in [-0.15, -0.1) is 0 Å². The van der Waals surface area contributed by atoms with Gasteiger partial charge in [0.15, 0.2) is 0 Å². The summed E-state index contributed by atoms with van der Waals surface area (Å²) in [5.41, 5.74) is 4.17. The van der Waals surface area contributed by atoms with E-state index in [0.29, 0.717) is 37.2 Å². The number of nitrogens with one attached hydrogen (secondary N) is 1. The second-order valence-electron chi connectivity index (χ2n) is 10.4. The molecule has 1 aliphatic heterocycles. The van der Waals surface area contributed by atoms with E-state index in [4.69, 9.17) is 4.74 Å². The highest BCUT2D eigenvalue weighted by molar-refractivity contribution is 6.05. The van der Waals surface area contributed by atoms with E-state index < -0.39 is 5.60 Å². The third-order valence-electron chi connectivity index (χ3n) is 6.14. The van der Waals surface area contributed by atoms with Crippen LogP contribution in [0.25, 0.3) is 5.69 Å². The predicted molar refractivity (Wildman–Crippen MR) is 137 cm³/mol. The first-order valence-electron chi connectivity index (χ1n) is 12.2. The molecule has 2 heterocycles. The summed E-state index contributed by atoms with van der Waals surface area (Å²) in [7, 11) is 0. The third kappa shape index (κ3) is 5.93. The van der Waals surface area contributed by atoms with Gasteiger partial charge in [-0.1, -0.05) is 6.07 Å². The van der Waals surface area contributed by atoms with Crippen molar-refractivity contribution in [1.82, 2.24) is 14.7 Å².